The summed E-state index contributed by atoms with van der Waals surface area (Å²) in [6.45, 7) is 8.56. The molecule has 1 aliphatic carbocycles. The monoisotopic (exact) mass is 430 g/mol. The minimum atomic E-state index is -0.130. The number of amides is 2. The molecular formula is C27H34N4O. The third-order valence-electron chi connectivity index (χ3n) is 7.33. The first-order valence-corrected chi connectivity index (χ1v) is 11.7. The third kappa shape index (κ3) is 3.90. The van der Waals surface area contributed by atoms with Gasteiger partial charge in [-0.2, -0.15) is 0 Å². The Morgan fingerprint density at radius 3 is 2.72 bits per heavy atom. The largest absolute Gasteiger partial charge is 0.361 e. The lowest BCUT2D eigenvalue weighted by Crippen LogP contribution is -2.50. The zero-order valence-electron chi connectivity index (χ0n) is 19.5. The van der Waals surface area contributed by atoms with E-state index in [1.165, 1.54) is 27.6 Å². The molecule has 5 heteroatoms. The van der Waals surface area contributed by atoms with E-state index >= 15 is 0 Å². The molecule has 1 aromatic heterocycles. The van der Waals surface area contributed by atoms with Crippen molar-refractivity contribution in [3.8, 4) is 0 Å². The van der Waals surface area contributed by atoms with Crippen LogP contribution in [0.15, 0.2) is 48.7 Å². The van der Waals surface area contributed by atoms with Crippen LogP contribution >= 0.6 is 0 Å². The van der Waals surface area contributed by atoms with E-state index < -0.39 is 0 Å². The summed E-state index contributed by atoms with van der Waals surface area (Å²) in [6, 6.07) is 14.8. The van der Waals surface area contributed by atoms with Crippen LogP contribution in [0.3, 0.4) is 0 Å². The molecule has 0 radical (unpaired) electrons. The van der Waals surface area contributed by atoms with Crippen molar-refractivity contribution >= 4 is 22.6 Å². The number of likely N-dealkylation sites (N-methyl/N-ethyl adjacent to an activating group) is 1. The number of H-pyrrole nitrogens is 1. The number of hydrogen-bond acceptors (Lipinski definition) is 2. The van der Waals surface area contributed by atoms with Crippen LogP contribution in [0.25, 0.3) is 10.9 Å². The van der Waals surface area contributed by atoms with Crippen LogP contribution in [-0.4, -0.2) is 42.1 Å². The highest BCUT2D eigenvalue weighted by atomic mass is 16.2. The molecule has 2 aliphatic rings. The third-order valence-corrected chi connectivity index (χ3v) is 7.33. The number of fused-ring (bicyclic) bond motifs is 2. The number of para-hydroxylation sites is 1. The number of benzene rings is 2. The first-order chi connectivity index (χ1) is 15.3. The van der Waals surface area contributed by atoms with Gasteiger partial charge in [0.25, 0.3) is 0 Å². The number of rotatable bonds is 3. The van der Waals surface area contributed by atoms with Gasteiger partial charge in [-0.1, -0.05) is 45.0 Å². The number of hydrogen-bond donors (Lipinski definition) is 3. The first kappa shape index (κ1) is 21.1. The normalized spacial score (nSPS) is 23.1. The summed E-state index contributed by atoms with van der Waals surface area (Å²) < 4.78 is 0. The quantitative estimate of drug-likeness (QED) is 0.532. The lowest BCUT2D eigenvalue weighted by Gasteiger charge is -2.46. The van der Waals surface area contributed by atoms with E-state index in [1.807, 2.05) is 30.3 Å². The van der Waals surface area contributed by atoms with Crippen LogP contribution in [0.2, 0.25) is 0 Å². The van der Waals surface area contributed by atoms with Crippen molar-refractivity contribution in [2.75, 3.05) is 25.5 Å². The van der Waals surface area contributed by atoms with E-state index in [0.29, 0.717) is 24.4 Å². The molecule has 1 unspecified atom stereocenters. The van der Waals surface area contributed by atoms with Crippen molar-refractivity contribution in [3.05, 3.63) is 65.4 Å². The molecular weight excluding hydrogens is 396 g/mol. The summed E-state index contributed by atoms with van der Waals surface area (Å²) in [5.41, 5.74) is 6.53. The number of likely N-dealkylation sites (tertiary alicyclic amines) is 1. The number of aromatic nitrogens is 1. The summed E-state index contributed by atoms with van der Waals surface area (Å²) in [5, 5.41) is 7.47. The Morgan fingerprint density at radius 1 is 1.19 bits per heavy atom. The SMILES string of the molecule is CN1C[C@H](CNC(=O)Nc2ccccc2)CC2c3cc(C(C)(C)C)cc4[nH]cc(c34)C[C@H]21. The van der Waals surface area contributed by atoms with E-state index in [9.17, 15) is 4.79 Å². The van der Waals surface area contributed by atoms with Crippen LogP contribution < -0.4 is 10.6 Å². The predicted molar refractivity (Wildman–Crippen MR) is 131 cm³/mol. The van der Waals surface area contributed by atoms with Gasteiger partial charge < -0.3 is 20.5 Å². The van der Waals surface area contributed by atoms with Crippen molar-refractivity contribution in [1.29, 1.82) is 0 Å². The number of urea groups is 1. The van der Waals surface area contributed by atoms with Gasteiger partial charge in [0.1, 0.15) is 0 Å². The van der Waals surface area contributed by atoms with E-state index in [-0.39, 0.29) is 11.4 Å². The Balaban J connectivity index is 1.36. The highest BCUT2D eigenvalue weighted by Gasteiger charge is 2.40. The molecule has 5 nitrogen and oxygen atoms in total. The lowest BCUT2D eigenvalue weighted by atomic mass is 9.71. The number of aromatic amines is 1. The molecule has 2 amide bonds. The van der Waals surface area contributed by atoms with Crippen LogP contribution in [0.4, 0.5) is 10.5 Å². The van der Waals surface area contributed by atoms with Crippen molar-refractivity contribution in [3.63, 3.8) is 0 Å². The molecule has 1 fully saturated rings. The molecule has 168 valence electrons. The van der Waals surface area contributed by atoms with Gasteiger partial charge in [0.15, 0.2) is 0 Å². The smallest absolute Gasteiger partial charge is 0.319 e. The Kier molecular flexibility index (Phi) is 5.25. The van der Waals surface area contributed by atoms with E-state index in [4.69, 9.17) is 0 Å². The first-order valence-electron chi connectivity index (χ1n) is 11.7. The second-order valence-corrected chi connectivity index (χ2v) is 10.7. The average Bonchev–Trinajstić information content (AvgIpc) is 3.17. The number of piperidine rings is 1. The maximum atomic E-state index is 12.4. The fourth-order valence-electron chi connectivity index (χ4n) is 5.64. The molecule has 0 spiro atoms. The number of carbonyl (C=O) groups excluding carboxylic acids is 1. The number of anilines is 1. The second-order valence-electron chi connectivity index (χ2n) is 10.7. The molecule has 2 aromatic carbocycles. The van der Waals surface area contributed by atoms with Gasteiger partial charge in [-0.05, 0) is 66.1 Å². The van der Waals surface area contributed by atoms with Crippen LogP contribution in [-0.2, 0) is 11.8 Å². The highest BCUT2D eigenvalue weighted by Crippen LogP contribution is 2.45. The predicted octanol–water partition coefficient (Wildman–Crippen LogP) is 5.25. The van der Waals surface area contributed by atoms with Gasteiger partial charge in [0, 0.05) is 47.8 Å². The molecule has 5 rings (SSSR count). The van der Waals surface area contributed by atoms with E-state index in [1.54, 1.807) is 0 Å². The summed E-state index contributed by atoms with van der Waals surface area (Å²) in [5.74, 6) is 0.919. The molecule has 3 atom stereocenters. The molecule has 0 bridgehead atoms. The Bertz CT molecular complexity index is 1130. The Hall–Kier alpha value is -2.79. The molecule has 3 aromatic rings. The average molecular weight is 431 g/mol. The zero-order valence-corrected chi connectivity index (χ0v) is 19.5. The topological polar surface area (TPSA) is 60.2 Å². The van der Waals surface area contributed by atoms with Crippen LogP contribution in [0.5, 0.6) is 0 Å². The molecule has 3 N–H and O–H groups in total. The van der Waals surface area contributed by atoms with Crippen molar-refractivity contribution in [1.82, 2.24) is 15.2 Å². The van der Waals surface area contributed by atoms with Gasteiger partial charge in [0.05, 0.1) is 0 Å². The van der Waals surface area contributed by atoms with E-state index in [2.05, 4.69) is 66.7 Å². The number of carbonyl (C=O) groups is 1. The Labute approximate surface area is 190 Å². The van der Waals surface area contributed by atoms with Crippen molar-refractivity contribution in [2.24, 2.45) is 5.92 Å². The van der Waals surface area contributed by atoms with E-state index in [0.717, 1.165) is 25.1 Å². The lowest BCUT2D eigenvalue weighted by molar-refractivity contribution is 0.112. The molecule has 1 saturated heterocycles. The van der Waals surface area contributed by atoms with Crippen molar-refractivity contribution in [2.45, 2.75) is 51.0 Å². The van der Waals surface area contributed by atoms with Crippen molar-refractivity contribution < 1.29 is 4.79 Å². The summed E-state index contributed by atoms with van der Waals surface area (Å²) in [4.78, 5) is 18.5. The van der Waals surface area contributed by atoms with Gasteiger partial charge in [-0.15, -0.1) is 0 Å². The molecule has 2 heterocycles. The van der Waals surface area contributed by atoms with Crippen LogP contribution in [0, 0.1) is 5.92 Å². The van der Waals surface area contributed by atoms with Gasteiger partial charge in [-0.25, -0.2) is 4.79 Å². The fraction of sp³-hybridized carbons (Fsp3) is 0.444. The second kappa shape index (κ2) is 7.96. The maximum Gasteiger partial charge on any atom is 0.319 e. The molecule has 1 aliphatic heterocycles. The summed E-state index contributed by atoms with van der Waals surface area (Å²) in [7, 11) is 2.25. The number of nitrogens with zero attached hydrogens (tertiary/aromatic N) is 1. The van der Waals surface area contributed by atoms with Gasteiger partial charge in [0.2, 0.25) is 0 Å². The minimum absolute atomic E-state index is 0.111. The minimum Gasteiger partial charge on any atom is -0.361 e. The van der Waals surface area contributed by atoms with Crippen LogP contribution in [0.1, 0.15) is 49.8 Å². The highest BCUT2D eigenvalue weighted by molar-refractivity contribution is 5.90. The van der Waals surface area contributed by atoms with Gasteiger partial charge in [-0.3, -0.25) is 0 Å². The molecule has 32 heavy (non-hydrogen) atoms. The maximum absolute atomic E-state index is 12.4. The zero-order chi connectivity index (χ0) is 22.5. The Morgan fingerprint density at radius 2 is 1.97 bits per heavy atom. The van der Waals surface area contributed by atoms with Gasteiger partial charge >= 0.3 is 6.03 Å². The standard InChI is InChI=1S/C27H34N4O/c1-27(2,3)19-12-22-21-10-17(14-29-26(32)30-20-8-6-5-7-9-20)16-31(4)24(21)11-18-15-28-23(13-19)25(18)22/h5-9,12-13,15,17,21,24,28H,10-11,14,16H2,1-4H3,(H2,29,30,32)/t17-,21?,24+/m0/s1. The summed E-state index contributed by atoms with van der Waals surface area (Å²) in [6.07, 6.45) is 4.41. The fourth-order valence-corrected chi connectivity index (χ4v) is 5.64. The summed E-state index contributed by atoms with van der Waals surface area (Å²) >= 11 is 0. The number of nitrogens with one attached hydrogen (secondary N) is 3. The molecule has 0 saturated carbocycles.